The van der Waals surface area contributed by atoms with E-state index in [1.54, 1.807) is 0 Å². The van der Waals surface area contributed by atoms with Crippen molar-refractivity contribution in [2.75, 3.05) is 6.54 Å². The lowest BCUT2D eigenvalue weighted by Gasteiger charge is -2.56. The van der Waals surface area contributed by atoms with E-state index in [1.807, 2.05) is 0 Å². The molecule has 130 valence electrons. The number of nitrogens with zero attached hydrogens (tertiary/aromatic N) is 2. The first-order valence-corrected chi connectivity index (χ1v) is 9.93. The van der Waals surface area contributed by atoms with Gasteiger partial charge in [0.2, 0.25) is 5.91 Å². The first-order chi connectivity index (χ1) is 11.7. The SMILES string of the molecule is CCc1cc(C2CCCN2C(=O)C23CC4CC(CC(C4)C2)C3)on1. The van der Waals surface area contributed by atoms with E-state index in [9.17, 15) is 4.79 Å². The highest BCUT2D eigenvalue weighted by Crippen LogP contribution is 2.61. The predicted octanol–water partition coefficient (Wildman–Crippen LogP) is 4.12. The molecule has 0 N–H and O–H groups in total. The van der Waals surface area contributed by atoms with E-state index >= 15 is 0 Å². The molecule has 0 aromatic carbocycles. The van der Waals surface area contributed by atoms with Crippen molar-refractivity contribution < 1.29 is 9.32 Å². The summed E-state index contributed by atoms with van der Waals surface area (Å²) in [4.78, 5) is 15.8. The van der Waals surface area contributed by atoms with Gasteiger partial charge in [0.15, 0.2) is 5.76 Å². The van der Waals surface area contributed by atoms with Crippen LogP contribution >= 0.6 is 0 Å². The highest BCUT2D eigenvalue weighted by Gasteiger charge is 2.56. The molecule has 2 heterocycles. The second-order valence-corrected chi connectivity index (χ2v) is 8.93. The van der Waals surface area contributed by atoms with Gasteiger partial charge in [-0.1, -0.05) is 12.1 Å². The van der Waals surface area contributed by atoms with Crippen molar-refractivity contribution in [3.63, 3.8) is 0 Å². The molecule has 1 aromatic rings. The molecule has 1 aliphatic heterocycles. The standard InChI is InChI=1S/C20H28N2O2/c1-2-16-9-18(24-21-16)17-4-3-5-22(17)19(23)20-10-13-6-14(11-20)8-15(7-13)12-20/h9,13-15,17H,2-8,10-12H2,1H3. The number of likely N-dealkylation sites (tertiary alicyclic amines) is 1. The Bertz CT molecular complexity index is 615. The van der Waals surface area contributed by atoms with Crippen LogP contribution in [0.1, 0.15) is 75.8 Å². The molecule has 6 rings (SSSR count). The van der Waals surface area contributed by atoms with Crippen LogP contribution in [0.4, 0.5) is 0 Å². The van der Waals surface area contributed by atoms with E-state index in [0.29, 0.717) is 5.91 Å². The van der Waals surface area contributed by atoms with E-state index in [0.717, 1.165) is 74.3 Å². The van der Waals surface area contributed by atoms with Crippen molar-refractivity contribution in [2.24, 2.45) is 23.2 Å². The third-order valence-corrected chi connectivity index (χ3v) is 7.27. The van der Waals surface area contributed by atoms with Gasteiger partial charge in [0.05, 0.1) is 17.2 Å². The normalized spacial score (nSPS) is 40.5. The Balaban J connectivity index is 1.41. The summed E-state index contributed by atoms with van der Waals surface area (Å²) in [5.74, 6) is 3.80. The molecule has 1 aromatic heterocycles. The molecular formula is C20H28N2O2. The number of carbonyl (C=O) groups excluding carboxylic acids is 1. The van der Waals surface area contributed by atoms with Crippen LogP contribution in [0.3, 0.4) is 0 Å². The average Bonchev–Trinajstić information content (AvgIpc) is 3.21. The number of hydrogen-bond donors (Lipinski definition) is 0. The topological polar surface area (TPSA) is 46.3 Å². The number of amides is 1. The number of aromatic nitrogens is 1. The highest BCUT2D eigenvalue weighted by molar-refractivity contribution is 5.84. The zero-order valence-electron chi connectivity index (χ0n) is 14.7. The third kappa shape index (κ3) is 2.18. The fraction of sp³-hybridized carbons (Fsp3) is 0.800. The van der Waals surface area contributed by atoms with E-state index in [4.69, 9.17) is 4.52 Å². The van der Waals surface area contributed by atoms with Crippen LogP contribution in [0, 0.1) is 23.2 Å². The molecule has 4 bridgehead atoms. The molecule has 4 heteroatoms. The fourth-order valence-electron chi connectivity index (χ4n) is 6.63. The van der Waals surface area contributed by atoms with Gasteiger partial charge < -0.3 is 9.42 Å². The average molecular weight is 328 g/mol. The van der Waals surface area contributed by atoms with Gasteiger partial charge in [0.1, 0.15) is 0 Å². The highest BCUT2D eigenvalue weighted by atomic mass is 16.5. The number of aryl methyl sites for hydroxylation is 1. The second-order valence-electron chi connectivity index (χ2n) is 8.93. The van der Waals surface area contributed by atoms with Crippen LogP contribution < -0.4 is 0 Å². The van der Waals surface area contributed by atoms with E-state index < -0.39 is 0 Å². The van der Waals surface area contributed by atoms with Crippen LogP contribution in [-0.2, 0) is 11.2 Å². The summed E-state index contributed by atoms with van der Waals surface area (Å²) >= 11 is 0. The zero-order valence-corrected chi connectivity index (χ0v) is 14.7. The minimum Gasteiger partial charge on any atom is -0.359 e. The van der Waals surface area contributed by atoms with Crippen molar-refractivity contribution in [1.29, 1.82) is 0 Å². The minimum atomic E-state index is -0.0368. The summed E-state index contributed by atoms with van der Waals surface area (Å²) < 4.78 is 5.59. The predicted molar refractivity (Wildman–Crippen MR) is 90.2 cm³/mol. The summed E-state index contributed by atoms with van der Waals surface area (Å²) in [6.45, 7) is 2.99. The Kier molecular flexibility index (Phi) is 3.33. The Morgan fingerprint density at radius 2 is 1.92 bits per heavy atom. The van der Waals surface area contributed by atoms with Crippen molar-refractivity contribution in [1.82, 2.24) is 10.1 Å². The van der Waals surface area contributed by atoms with Crippen molar-refractivity contribution in [2.45, 2.75) is 70.8 Å². The summed E-state index contributed by atoms with van der Waals surface area (Å²) in [6, 6.07) is 2.19. The second kappa shape index (κ2) is 5.34. The Labute approximate surface area is 143 Å². The first-order valence-electron chi connectivity index (χ1n) is 9.93. The van der Waals surface area contributed by atoms with Crippen LogP contribution in [0.2, 0.25) is 0 Å². The van der Waals surface area contributed by atoms with E-state index in [1.165, 1.54) is 19.3 Å². The number of rotatable bonds is 3. The molecule has 0 radical (unpaired) electrons. The van der Waals surface area contributed by atoms with Gasteiger partial charge in [-0.3, -0.25) is 4.79 Å². The lowest BCUT2D eigenvalue weighted by atomic mass is 9.49. The van der Waals surface area contributed by atoms with Gasteiger partial charge in [-0.25, -0.2) is 0 Å². The Morgan fingerprint density at radius 1 is 1.25 bits per heavy atom. The quantitative estimate of drug-likeness (QED) is 0.838. The number of hydrogen-bond acceptors (Lipinski definition) is 3. The van der Waals surface area contributed by atoms with Crippen molar-refractivity contribution >= 4 is 5.91 Å². The lowest BCUT2D eigenvalue weighted by molar-refractivity contribution is -0.159. The Hall–Kier alpha value is -1.32. The molecular weight excluding hydrogens is 300 g/mol. The lowest BCUT2D eigenvalue weighted by Crippen LogP contribution is -2.54. The molecule has 1 saturated heterocycles. The van der Waals surface area contributed by atoms with Gasteiger partial charge in [-0.05, 0) is 75.5 Å². The van der Waals surface area contributed by atoms with E-state index in [2.05, 4.69) is 23.0 Å². The van der Waals surface area contributed by atoms with Crippen LogP contribution in [0.5, 0.6) is 0 Å². The molecule has 5 aliphatic rings. The maximum atomic E-state index is 13.6. The molecule has 4 saturated carbocycles. The van der Waals surface area contributed by atoms with Gasteiger partial charge in [-0.2, -0.15) is 0 Å². The maximum Gasteiger partial charge on any atom is 0.229 e. The third-order valence-electron chi connectivity index (χ3n) is 7.27. The molecule has 1 amide bonds. The van der Waals surface area contributed by atoms with Crippen LogP contribution in [-0.4, -0.2) is 22.5 Å². The van der Waals surface area contributed by atoms with Gasteiger partial charge in [0.25, 0.3) is 0 Å². The first kappa shape index (κ1) is 15.0. The maximum absolute atomic E-state index is 13.6. The fourth-order valence-corrected chi connectivity index (χ4v) is 6.63. The van der Waals surface area contributed by atoms with Gasteiger partial charge in [0, 0.05) is 12.6 Å². The van der Waals surface area contributed by atoms with E-state index in [-0.39, 0.29) is 11.5 Å². The monoisotopic (exact) mass is 328 g/mol. The molecule has 24 heavy (non-hydrogen) atoms. The van der Waals surface area contributed by atoms with Crippen molar-refractivity contribution in [3.8, 4) is 0 Å². The summed E-state index contributed by atoms with van der Waals surface area (Å²) in [5.41, 5.74) is 0.962. The summed E-state index contributed by atoms with van der Waals surface area (Å²) in [6.07, 6.45) is 10.6. The zero-order chi connectivity index (χ0) is 16.3. The molecule has 1 unspecified atom stereocenters. The number of carbonyl (C=O) groups is 1. The molecule has 5 fully saturated rings. The largest absolute Gasteiger partial charge is 0.359 e. The van der Waals surface area contributed by atoms with Gasteiger partial charge in [-0.15, -0.1) is 0 Å². The smallest absolute Gasteiger partial charge is 0.229 e. The summed E-state index contributed by atoms with van der Waals surface area (Å²) in [7, 11) is 0. The minimum absolute atomic E-state index is 0.0368. The van der Waals surface area contributed by atoms with Crippen molar-refractivity contribution in [3.05, 3.63) is 17.5 Å². The summed E-state index contributed by atoms with van der Waals surface area (Å²) in [5, 5.41) is 4.15. The van der Waals surface area contributed by atoms with Crippen LogP contribution in [0.25, 0.3) is 0 Å². The molecule has 0 spiro atoms. The van der Waals surface area contributed by atoms with Gasteiger partial charge >= 0.3 is 0 Å². The Morgan fingerprint density at radius 3 is 2.50 bits per heavy atom. The molecule has 4 aliphatic carbocycles. The molecule has 1 atom stereocenters. The van der Waals surface area contributed by atoms with Crippen LogP contribution in [0.15, 0.2) is 10.6 Å². The molecule has 4 nitrogen and oxygen atoms in total.